The smallest absolute Gasteiger partial charge is 0.147 e. The molecule has 0 bridgehead atoms. The summed E-state index contributed by atoms with van der Waals surface area (Å²) >= 11 is -0.673. The van der Waals surface area contributed by atoms with E-state index in [0.29, 0.717) is 11.7 Å². The second-order valence-corrected chi connectivity index (χ2v) is 5.32. The molecule has 1 aromatic heterocycles. The van der Waals surface area contributed by atoms with Crippen molar-refractivity contribution in [1.29, 1.82) is 0 Å². The highest BCUT2D eigenvalue weighted by Crippen LogP contribution is 2.21. The zero-order valence-corrected chi connectivity index (χ0v) is 8.78. The van der Waals surface area contributed by atoms with E-state index in [0.717, 1.165) is 29.4 Å². The van der Waals surface area contributed by atoms with Gasteiger partial charge in [-0.15, -0.1) is 0 Å². The summed E-state index contributed by atoms with van der Waals surface area (Å²) in [6, 6.07) is 0. The quantitative estimate of drug-likeness (QED) is 0.692. The number of rotatable bonds is 1. The zero-order valence-electron chi connectivity index (χ0n) is 7.96. The Bertz CT molecular complexity index is 309. The third kappa shape index (κ3) is 1.74. The van der Waals surface area contributed by atoms with Gasteiger partial charge in [-0.1, -0.05) is 13.8 Å². The Labute approximate surface area is 81.1 Å². The second-order valence-electron chi connectivity index (χ2n) is 3.74. The molecule has 0 saturated heterocycles. The Morgan fingerprint density at radius 2 is 2.31 bits per heavy atom. The number of hydrogen-bond donors (Lipinski definition) is 1. The van der Waals surface area contributed by atoms with Crippen molar-refractivity contribution < 1.29 is 4.55 Å². The summed E-state index contributed by atoms with van der Waals surface area (Å²) in [5, 5.41) is 0. The van der Waals surface area contributed by atoms with Crippen LogP contribution in [0.5, 0.6) is 0 Å². The van der Waals surface area contributed by atoms with Gasteiger partial charge < -0.3 is 9.54 Å². The molecule has 0 spiro atoms. The van der Waals surface area contributed by atoms with Crippen LogP contribution in [0.25, 0.3) is 0 Å². The predicted molar refractivity (Wildman–Crippen MR) is 53.1 cm³/mol. The maximum absolute atomic E-state index is 11.3. The Kier molecular flexibility index (Phi) is 2.34. The molecular weight excluding hydrogens is 184 g/mol. The summed E-state index contributed by atoms with van der Waals surface area (Å²) in [5.74, 6) is 2.90. The van der Waals surface area contributed by atoms with Gasteiger partial charge in [0.2, 0.25) is 0 Å². The van der Waals surface area contributed by atoms with E-state index in [-0.39, 0.29) is 0 Å². The molecule has 1 aliphatic rings. The van der Waals surface area contributed by atoms with E-state index < -0.39 is 11.2 Å². The van der Waals surface area contributed by atoms with Crippen LogP contribution in [0.15, 0.2) is 0 Å². The minimum absolute atomic E-state index is 0.430. The van der Waals surface area contributed by atoms with Crippen LogP contribution < -0.4 is 0 Å². The first-order valence-electron chi connectivity index (χ1n) is 4.59. The van der Waals surface area contributed by atoms with Crippen molar-refractivity contribution in [3.8, 4) is 0 Å². The number of nitrogens with one attached hydrogen (secondary N) is 1. The number of aryl methyl sites for hydroxylation is 1. The van der Waals surface area contributed by atoms with Crippen molar-refractivity contribution in [3.05, 3.63) is 17.2 Å². The van der Waals surface area contributed by atoms with Gasteiger partial charge in [0.05, 0.1) is 11.4 Å². The van der Waals surface area contributed by atoms with Gasteiger partial charge in [0.1, 0.15) is 17.3 Å². The molecule has 2 rings (SSSR count). The lowest BCUT2D eigenvalue weighted by Crippen LogP contribution is -2.18. The standard InChI is InChI=1S/C9H14N2OS/c1-6(2)9-10-7-3-4-13(12)5-8(7)11-9/h6H,3-5H2,1-2H3,(H,10,11). The first-order chi connectivity index (χ1) is 6.16. The maximum Gasteiger partial charge on any atom is 0.147 e. The highest BCUT2D eigenvalue weighted by molar-refractivity contribution is 7.90. The molecule has 0 radical (unpaired) electrons. The molecule has 0 aromatic carbocycles. The fraction of sp³-hybridized carbons (Fsp3) is 0.667. The van der Waals surface area contributed by atoms with Crippen LogP contribution in [0, 0.1) is 0 Å². The lowest BCUT2D eigenvalue weighted by atomic mass is 10.2. The average Bonchev–Trinajstić information content (AvgIpc) is 2.46. The van der Waals surface area contributed by atoms with Crippen molar-refractivity contribution in [2.45, 2.75) is 31.9 Å². The number of nitrogens with zero attached hydrogens (tertiary/aromatic N) is 1. The lowest BCUT2D eigenvalue weighted by Gasteiger charge is -2.14. The molecule has 4 heteroatoms. The van der Waals surface area contributed by atoms with Crippen LogP contribution in [0.4, 0.5) is 0 Å². The Hall–Kier alpha value is -0.480. The zero-order chi connectivity index (χ0) is 9.42. The number of hydrogen-bond acceptors (Lipinski definition) is 2. The van der Waals surface area contributed by atoms with E-state index in [2.05, 4.69) is 23.8 Å². The van der Waals surface area contributed by atoms with Gasteiger partial charge in [0.15, 0.2) is 0 Å². The number of fused-ring (bicyclic) bond motifs is 1. The number of H-pyrrole nitrogens is 1. The minimum atomic E-state index is -0.673. The molecule has 72 valence electrons. The molecule has 1 aliphatic heterocycles. The molecule has 1 aromatic rings. The van der Waals surface area contributed by atoms with Crippen molar-refractivity contribution in [2.24, 2.45) is 0 Å². The topological polar surface area (TPSA) is 51.7 Å². The molecule has 0 fully saturated rings. The van der Waals surface area contributed by atoms with Crippen LogP contribution in [-0.2, 0) is 23.3 Å². The summed E-state index contributed by atoms with van der Waals surface area (Å²) in [5.41, 5.74) is 2.22. The predicted octanol–water partition coefficient (Wildman–Crippen LogP) is 1.34. The summed E-state index contributed by atoms with van der Waals surface area (Å²) in [4.78, 5) is 7.75. The molecule has 0 saturated carbocycles. The van der Waals surface area contributed by atoms with Gasteiger partial charge >= 0.3 is 0 Å². The Morgan fingerprint density at radius 1 is 1.54 bits per heavy atom. The summed E-state index contributed by atoms with van der Waals surface area (Å²) < 4.78 is 11.3. The van der Waals surface area contributed by atoms with Gasteiger partial charge in [0, 0.05) is 12.3 Å². The maximum atomic E-state index is 11.3. The fourth-order valence-corrected chi connectivity index (χ4v) is 2.64. The molecule has 1 N–H and O–H groups in total. The van der Waals surface area contributed by atoms with Crippen LogP contribution in [0.1, 0.15) is 37.0 Å². The van der Waals surface area contributed by atoms with E-state index in [1.807, 2.05) is 0 Å². The van der Waals surface area contributed by atoms with E-state index in [9.17, 15) is 4.55 Å². The van der Waals surface area contributed by atoms with Crippen LogP contribution in [0.3, 0.4) is 0 Å². The molecule has 2 heterocycles. The number of aromatic amines is 1. The molecule has 0 aliphatic carbocycles. The van der Waals surface area contributed by atoms with E-state index >= 15 is 0 Å². The van der Waals surface area contributed by atoms with E-state index in [4.69, 9.17) is 0 Å². The van der Waals surface area contributed by atoms with Crippen molar-refractivity contribution in [2.75, 3.05) is 5.75 Å². The van der Waals surface area contributed by atoms with Gasteiger partial charge in [-0.25, -0.2) is 4.98 Å². The summed E-state index contributed by atoms with van der Waals surface area (Å²) in [6.45, 7) is 4.22. The van der Waals surface area contributed by atoms with Crippen molar-refractivity contribution >= 4 is 11.2 Å². The first kappa shape index (κ1) is 9.09. The van der Waals surface area contributed by atoms with Gasteiger partial charge in [-0.05, 0) is 11.2 Å². The molecule has 3 nitrogen and oxygen atoms in total. The van der Waals surface area contributed by atoms with Crippen LogP contribution in [0.2, 0.25) is 0 Å². The monoisotopic (exact) mass is 198 g/mol. The average molecular weight is 198 g/mol. The van der Waals surface area contributed by atoms with Crippen LogP contribution >= 0.6 is 0 Å². The highest BCUT2D eigenvalue weighted by atomic mass is 32.2. The molecule has 1 atom stereocenters. The van der Waals surface area contributed by atoms with Crippen molar-refractivity contribution in [3.63, 3.8) is 0 Å². The lowest BCUT2D eigenvalue weighted by molar-refractivity contribution is 0.589. The second kappa shape index (κ2) is 3.35. The molecule has 0 amide bonds. The molecule has 1 unspecified atom stereocenters. The highest BCUT2D eigenvalue weighted by Gasteiger charge is 2.23. The summed E-state index contributed by atoms with van der Waals surface area (Å²) in [7, 11) is 0. The van der Waals surface area contributed by atoms with Gasteiger partial charge in [-0.2, -0.15) is 0 Å². The van der Waals surface area contributed by atoms with E-state index in [1.54, 1.807) is 0 Å². The van der Waals surface area contributed by atoms with Crippen molar-refractivity contribution in [1.82, 2.24) is 9.97 Å². The largest absolute Gasteiger partial charge is 0.616 e. The SMILES string of the molecule is CC(C)c1nc2c([nH]1)C[S+]([O-])CC2. The first-order valence-corrected chi connectivity index (χ1v) is 6.08. The van der Waals surface area contributed by atoms with Crippen LogP contribution in [-0.4, -0.2) is 20.3 Å². The van der Waals surface area contributed by atoms with Gasteiger partial charge in [-0.3, -0.25) is 0 Å². The Balaban J connectivity index is 2.28. The fourth-order valence-electron chi connectivity index (χ4n) is 1.51. The number of aromatic nitrogens is 2. The Morgan fingerprint density at radius 3 is 3.00 bits per heavy atom. The number of imidazole rings is 1. The van der Waals surface area contributed by atoms with Gasteiger partial charge in [0.25, 0.3) is 0 Å². The minimum Gasteiger partial charge on any atom is -0.616 e. The third-order valence-corrected chi connectivity index (χ3v) is 3.57. The molecule has 13 heavy (non-hydrogen) atoms. The molecular formula is C9H14N2OS. The van der Waals surface area contributed by atoms with E-state index in [1.165, 1.54) is 0 Å². The normalized spacial score (nSPS) is 22.0. The third-order valence-electron chi connectivity index (χ3n) is 2.30. The summed E-state index contributed by atoms with van der Waals surface area (Å²) in [6.07, 6.45) is 0.866.